The summed E-state index contributed by atoms with van der Waals surface area (Å²) in [5.74, 6) is 0.733. The van der Waals surface area contributed by atoms with Crippen LogP contribution in [0.25, 0.3) is 0 Å². The normalized spacial score (nSPS) is 13.7. The summed E-state index contributed by atoms with van der Waals surface area (Å²) in [7, 11) is 1.64. The van der Waals surface area contributed by atoms with Crippen LogP contribution in [0.2, 0.25) is 0 Å². The topological polar surface area (TPSA) is 64.4 Å². The van der Waals surface area contributed by atoms with Gasteiger partial charge in [-0.05, 0) is 30.5 Å². The van der Waals surface area contributed by atoms with Gasteiger partial charge in [0.1, 0.15) is 5.75 Å². The van der Waals surface area contributed by atoms with Crippen LogP contribution in [0, 0.1) is 0 Å². The number of nitrogens with two attached hydrogens (primary N) is 1. The lowest BCUT2D eigenvalue weighted by Crippen LogP contribution is -2.42. The highest BCUT2D eigenvalue weighted by atomic mass is 16.5. The summed E-state index contributed by atoms with van der Waals surface area (Å²) in [6.45, 7) is 4.06. The quantitative estimate of drug-likeness (QED) is 0.794. The fourth-order valence-corrected chi connectivity index (χ4v) is 1.98. The second-order valence-corrected chi connectivity index (χ2v) is 4.64. The van der Waals surface area contributed by atoms with Gasteiger partial charge in [0.15, 0.2) is 0 Å². The van der Waals surface area contributed by atoms with Gasteiger partial charge in [-0.25, -0.2) is 0 Å². The number of hydrogen-bond acceptors (Lipinski definition) is 3. The molecule has 1 amide bonds. The molecule has 0 radical (unpaired) electrons. The zero-order chi connectivity index (χ0) is 14.3. The molecular weight excluding hydrogens is 240 g/mol. The summed E-state index contributed by atoms with van der Waals surface area (Å²) < 4.78 is 5.13. The highest BCUT2D eigenvalue weighted by Gasteiger charge is 2.17. The molecule has 19 heavy (non-hydrogen) atoms. The Hall–Kier alpha value is -1.55. The van der Waals surface area contributed by atoms with Crippen molar-refractivity contribution in [1.29, 1.82) is 0 Å². The highest BCUT2D eigenvalue weighted by molar-refractivity contribution is 5.81. The number of nitrogens with one attached hydrogen (secondary N) is 1. The molecule has 0 saturated heterocycles. The molecule has 0 aromatic heterocycles. The van der Waals surface area contributed by atoms with E-state index in [1.807, 2.05) is 38.1 Å². The fourth-order valence-electron chi connectivity index (χ4n) is 1.98. The van der Waals surface area contributed by atoms with Crippen molar-refractivity contribution in [3.8, 4) is 5.75 Å². The van der Waals surface area contributed by atoms with Crippen LogP contribution in [0.15, 0.2) is 24.3 Å². The minimum atomic E-state index is -0.419. The van der Waals surface area contributed by atoms with Crippen LogP contribution in [0.1, 0.15) is 44.7 Å². The van der Waals surface area contributed by atoms with Crippen molar-refractivity contribution < 1.29 is 9.53 Å². The van der Waals surface area contributed by atoms with Gasteiger partial charge in [-0.2, -0.15) is 0 Å². The van der Waals surface area contributed by atoms with Crippen molar-refractivity contribution in [3.05, 3.63) is 29.8 Å². The van der Waals surface area contributed by atoms with Gasteiger partial charge in [0.05, 0.1) is 19.2 Å². The lowest BCUT2D eigenvalue weighted by atomic mass is 10.0. The Labute approximate surface area is 115 Å². The molecule has 2 atom stereocenters. The van der Waals surface area contributed by atoms with E-state index in [9.17, 15) is 4.79 Å². The second-order valence-electron chi connectivity index (χ2n) is 4.64. The minimum Gasteiger partial charge on any atom is -0.497 e. The molecule has 4 nitrogen and oxygen atoms in total. The van der Waals surface area contributed by atoms with E-state index < -0.39 is 6.04 Å². The monoisotopic (exact) mass is 264 g/mol. The van der Waals surface area contributed by atoms with Crippen LogP contribution in [-0.4, -0.2) is 19.1 Å². The molecule has 2 unspecified atom stereocenters. The van der Waals surface area contributed by atoms with Gasteiger partial charge in [-0.1, -0.05) is 32.4 Å². The van der Waals surface area contributed by atoms with Crippen molar-refractivity contribution in [2.24, 2.45) is 5.73 Å². The number of methoxy groups -OCH3 is 1. The first kappa shape index (κ1) is 15.5. The molecule has 0 bridgehead atoms. The number of amides is 1. The molecule has 0 fully saturated rings. The Bertz CT molecular complexity index is 390. The van der Waals surface area contributed by atoms with Crippen LogP contribution in [0.5, 0.6) is 5.75 Å². The summed E-state index contributed by atoms with van der Waals surface area (Å²) in [5, 5.41) is 3.00. The number of benzene rings is 1. The Kier molecular flexibility index (Phi) is 6.36. The summed E-state index contributed by atoms with van der Waals surface area (Å²) in [6.07, 6.45) is 2.45. The smallest absolute Gasteiger partial charge is 0.237 e. The molecule has 0 saturated carbocycles. The first-order chi connectivity index (χ1) is 9.12. The molecule has 3 N–H and O–H groups in total. The molecule has 1 rings (SSSR count). The molecule has 0 aliphatic carbocycles. The Balaban J connectivity index is 2.69. The van der Waals surface area contributed by atoms with E-state index in [2.05, 4.69) is 5.32 Å². The van der Waals surface area contributed by atoms with Gasteiger partial charge >= 0.3 is 0 Å². The number of hydrogen-bond donors (Lipinski definition) is 2. The first-order valence-electron chi connectivity index (χ1n) is 6.82. The van der Waals surface area contributed by atoms with E-state index in [1.54, 1.807) is 7.11 Å². The molecule has 0 aliphatic rings. The molecule has 106 valence electrons. The van der Waals surface area contributed by atoms with Gasteiger partial charge < -0.3 is 15.8 Å². The van der Waals surface area contributed by atoms with Gasteiger partial charge in [0.2, 0.25) is 5.91 Å². The van der Waals surface area contributed by atoms with Crippen molar-refractivity contribution in [2.75, 3.05) is 7.11 Å². The van der Waals surface area contributed by atoms with E-state index >= 15 is 0 Å². The standard InChI is InChI=1S/C15H24N2O2/c1-4-6-13(16)15(18)17-14(5-2)11-7-9-12(19-3)10-8-11/h7-10,13-14H,4-6,16H2,1-3H3,(H,17,18). The van der Waals surface area contributed by atoms with E-state index in [-0.39, 0.29) is 11.9 Å². The van der Waals surface area contributed by atoms with Crippen molar-refractivity contribution in [1.82, 2.24) is 5.32 Å². The van der Waals surface area contributed by atoms with Gasteiger partial charge in [-0.15, -0.1) is 0 Å². The third-order valence-corrected chi connectivity index (χ3v) is 3.18. The van der Waals surface area contributed by atoms with Crippen molar-refractivity contribution in [2.45, 2.75) is 45.2 Å². The Morgan fingerprint density at radius 2 is 1.95 bits per heavy atom. The SMILES string of the molecule is CCCC(N)C(=O)NC(CC)c1ccc(OC)cc1. The summed E-state index contributed by atoms with van der Waals surface area (Å²) in [6, 6.07) is 7.32. The van der Waals surface area contributed by atoms with Gasteiger partial charge in [0.25, 0.3) is 0 Å². The Morgan fingerprint density at radius 1 is 1.32 bits per heavy atom. The van der Waals surface area contributed by atoms with E-state index in [1.165, 1.54) is 0 Å². The van der Waals surface area contributed by atoms with Crippen LogP contribution in [0.4, 0.5) is 0 Å². The van der Waals surface area contributed by atoms with Crippen molar-refractivity contribution >= 4 is 5.91 Å². The van der Waals surface area contributed by atoms with E-state index in [0.29, 0.717) is 6.42 Å². The highest BCUT2D eigenvalue weighted by Crippen LogP contribution is 2.20. The number of rotatable bonds is 7. The van der Waals surface area contributed by atoms with Gasteiger partial charge in [0, 0.05) is 0 Å². The zero-order valence-corrected chi connectivity index (χ0v) is 12.0. The predicted octanol–water partition coefficient (Wildman–Crippen LogP) is 2.39. The number of carbonyl (C=O) groups is 1. The zero-order valence-electron chi connectivity index (χ0n) is 12.0. The number of ether oxygens (including phenoxy) is 1. The Morgan fingerprint density at radius 3 is 2.42 bits per heavy atom. The van der Waals surface area contributed by atoms with Crippen LogP contribution < -0.4 is 15.8 Å². The predicted molar refractivity (Wildman–Crippen MR) is 77.1 cm³/mol. The maximum atomic E-state index is 11.9. The molecular formula is C15H24N2O2. The van der Waals surface area contributed by atoms with Crippen molar-refractivity contribution in [3.63, 3.8) is 0 Å². The maximum Gasteiger partial charge on any atom is 0.237 e. The summed E-state index contributed by atoms with van der Waals surface area (Å²) in [4.78, 5) is 11.9. The molecule has 0 spiro atoms. The third kappa shape index (κ3) is 4.56. The maximum absolute atomic E-state index is 11.9. The van der Waals surface area contributed by atoms with Crippen LogP contribution in [0.3, 0.4) is 0 Å². The minimum absolute atomic E-state index is 0.00122. The average molecular weight is 264 g/mol. The lowest BCUT2D eigenvalue weighted by molar-refractivity contribution is -0.123. The first-order valence-corrected chi connectivity index (χ1v) is 6.82. The largest absolute Gasteiger partial charge is 0.497 e. The molecule has 1 aromatic carbocycles. The summed E-state index contributed by atoms with van der Waals surface area (Å²) >= 11 is 0. The fraction of sp³-hybridized carbons (Fsp3) is 0.533. The number of carbonyl (C=O) groups excluding carboxylic acids is 1. The lowest BCUT2D eigenvalue weighted by Gasteiger charge is -2.20. The van der Waals surface area contributed by atoms with Crippen LogP contribution >= 0.6 is 0 Å². The molecule has 4 heteroatoms. The third-order valence-electron chi connectivity index (χ3n) is 3.18. The molecule has 0 heterocycles. The van der Waals surface area contributed by atoms with Gasteiger partial charge in [-0.3, -0.25) is 4.79 Å². The molecule has 1 aromatic rings. The van der Waals surface area contributed by atoms with E-state index in [0.717, 1.165) is 24.2 Å². The second kappa shape index (κ2) is 7.79. The molecule has 0 aliphatic heterocycles. The van der Waals surface area contributed by atoms with E-state index in [4.69, 9.17) is 10.5 Å². The summed E-state index contributed by atoms with van der Waals surface area (Å²) in [5.41, 5.74) is 6.89. The average Bonchev–Trinajstić information content (AvgIpc) is 2.45. The van der Waals surface area contributed by atoms with Crippen LogP contribution in [-0.2, 0) is 4.79 Å².